The molecule has 23 heavy (non-hydrogen) atoms. The van der Waals surface area contributed by atoms with Crippen LogP contribution in [0, 0.1) is 5.92 Å². The van der Waals surface area contributed by atoms with Crippen LogP contribution in [0.5, 0.6) is 0 Å². The molecule has 0 bridgehead atoms. The van der Waals surface area contributed by atoms with Crippen molar-refractivity contribution in [1.82, 2.24) is 4.90 Å². The zero-order chi connectivity index (χ0) is 16.2. The molecule has 0 aromatic heterocycles. The smallest absolute Gasteiger partial charge is 0.127 e. The number of rotatable bonds is 6. The van der Waals surface area contributed by atoms with Crippen molar-refractivity contribution in [3.63, 3.8) is 0 Å². The summed E-state index contributed by atoms with van der Waals surface area (Å²) in [5.41, 5.74) is 6.92. The van der Waals surface area contributed by atoms with Gasteiger partial charge in [0.25, 0.3) is 0 Å². The largest absolute Gasteiger partial charge is 0.349 e. The fourth-order valence-electron chi connectivity index (χ4n) is 4.85. The van der Waals surface area contributed by atoms with Gasteiger partial charge in [0.1, 0.15) is 5.84 Å². The molecule has 2 saturated carbocycles. The fraction of sp³-hybridized carbons (Fsp3) is 0.850. The van der Waals surface area contributed by atoms with E-state index >= 15 is 0 Å². The summed E-state index contributed by atoms with van der Waals surface area (Å²) in [6.07, 6.45) is 14.2. The first-order valence-corrected chi connectivity index (χ1v) is 9.95. The summed E-state index contributed by atoms with van der Waals surface area (Å²) < 4.78 is 0. The molecule has 130 valence electrons. The van der Waals surface area contributed by atoms with E-state index in [1.807, 2.05) is 0 Å². The molecule has 0 radical (unpaired) electrons. The molecule has 3 rings (SSSR count). The van der Waals surface area contributed by atoms with E-state index in [1.165, 1.54) is 62.8 Å². The lowest BCUT2D eigenvalue weighted by atomic mass is 9.82. The van der Waals surface area contributed by atoms with Crippen LogP contribution in [0.3, 0.4) is 0 Å². The van der Waals surface area contributed by atoms with Gasteiger partial charge in [0.15, 0.2) is 0 Å². The first kappa shape index (κ1) is 17.0. The highest BCUT2D eigenvalue weighted by atomic mass is 15.3. The summed E-state index contributed by atoms with van der Waals surface area (Å²) in [6.45, 7) is 7.60. The Balaban J connectivity index is 1.74. The summed E-state index contributed by atoms with van der Waals surface area (Å²) in [4.78, 5) is 7.94. The van der Waals surface area contributed by atoms with Crippen LogP contribution in [0.2, 0.25) is 0 Å². The quantitative estimate of drug-likeness (QED) is 0.743. The van der Waals surface area contributed by atoms with Crippen molar-refractivity contribution in [3.05, 3.63) is 12.2 Å². The normalized spacial score (nSPS) is 31.8. The predicted octanol–water partition coefficient (Wildman–Crippen LogP) is 4.28. The molecule has 2 N–H and O–H groups in total. The molecular formula is C20H35N3. The van der Waals surface area contributed by atoms with Crippen molar-refractivity contribution < 1.29 is 0 Å². The molecule has 1 aliphatic heterocycles. The van der Waals surface area contributed by atoms with E-state index in [9.17, 15) is 0 Å². The van der Waals surface area contributed by atoms with Crippen LogP contribution in [0.25, 0.3) is 0 Å². The van der Waals surface area contributed by atoms with Gasteiger partial charge < -0.3 is 10.6 Å². The van der Waals surface area contributed by atoms with Gasteiger partial charge in [-0.25, -0.2) is 0 Å². The van der Waals surface area contributed by atoms with Gasteiger partial charge in [-0.1, -0.05) is 32.8 Å². The van der Waals surface area contributed by atoms with Gasteiger partial charge in [-0.2, -0.15) is 0 Å². The third kappa shape index (κ3) is 3.81. The minimum absolute atomic E-state index is 0.530. The van der Waals surface area contributed by atoms with Crippen LogP contribution >= 0.6 is 0 Å². The Bertz CT molecular complexity index is 436. The van der Waals surface area contributed by atoms with Crippen molar-refractivity contribution in [2.24, 2.45) is 16.6 Å². The monoisotopic (exact) mass is 317 g/mol. The van der Waals surface area contributed by atoms with E-state index < -0.39 is 0 Å². The molecule has 0 aromatic rings. The van der Waals surface area contributed by atoms with Gasteiger partial charge in [0.05, 0.1) is 12.1 Å². The maximum Gasteiger partial charge on any atom is 0.127 e. The van der Waals surface area contributed by atoms with Crippen LogP contribution in [0.15, 0.2) is 17.1 Å². The lowest BCUT2D eigenvalue weighted by molar-refractivity contribution is 0.148. The molecule has 2 fully saturated rings. The van der Waals surface area contributed by atoms with Crippen molar-refractivity contribution in [1.29, 1.82) is 0 Å². The lowest BCUT2D eigenvalue weighted by Crippen LogP contribution is -2.49. The average molecular weight is 318 g/mol. The molecule has 0 spiro atoms. The molecule has 3 nitrogen and oxygen atoms in total. The zero-order valence-corrected chi connectivity index (χ0v) is 15.0. The molecule has 0 amide bonds. The zero-order valence-electron chi connectivity index (χ0n) is 15.0. The van der Waals surface area contributed by atoms with Gasteiger partial charge in [-0.05, 0) is 69.4 Å². The van der Waals surface area contributed by atoms with Gasteiger partial charge in [0, 0.05) is 6.04 Å². The highest BCUT2D eigenvalue weighted by molar-refractivity contribution is 5.99. The second-order valence-corrected chi connectivity index (χ2v) is 8.05. The third-order valence-electron chi connectivity index (χ3n) is 6.15. The molecule has 3 heteroatoms. The van der Waals surface area contributed by atoms with Crippen molar-refractivity contribution in [3.8, 4) is 0 Å². The van der Waals surface area contributed by atoms with E-state index in [4.69, 9.17) is 10.7 Å². The van der Waals surface area contributed by atoms with Gasteiger partial charge in [-0.3, -0.25) is 4.99 Å². The summed E-state index contributed by atoms with van der Waals surface area (Å²) in [7, 11) is 0. The Morgan fingerprint density at radius 2 is 1.96 bits per heavy atom. The van der Waals surface area contributed by atoms with Crippen LogP contribution in [-0.2, 0) is 0 Å². The van der Waals surface area contributed by atoms with Gasteiger partial charge in [0.2, 0.25) is 0 Å². The second kappa shape index (κ2) is 7.83. The van der Waals surface area contributed by atoms with Crippen LogP contribution in [-0.4, -0.2) is 35.4 Å². The molecule has 1 heterocycles. The summed E-state index contributed by atoms with van der Waals surface area (Å²) in [5, 5.41) is 0. The Morgan fingerprint density at radius 3 is 2.70 bits per heavy atom. The van der Waals surface area contributed by atoms with Crippen molar-refractivity contribution in [2.75, 3.05) is 6.54 Å². The average Bonchev–Trinajstić information content (AvgIpc) is 2.94. The Kier molecular flexibility index (Phi) is 5.79. The first-order chi connectivity index (χ1) is 11.2. The minimum Gasteiger partial charge on any atom is -0.349 e. The fourth-order valence-corrected chi connectivity index (χ4v) is 4.85. The molecule has 0 saturated heterocycles. The number of nitrogens with zero attached hydrogens (tertiary/aromatic N) is 2. The SMILES string of the molecule is C=C(CCCCN)C1=NC2CC(C)CCC2N1C1CCCCC1. The van der Waals surface area contributed by atoms with Crippen molar-refractivity contribution >= 4 is 5.84 Å². The first-order valence-electron chi connectivity index (χ1n) is 9.95. The van der Waals surface area contributed by atoms with Crippen molar-refractivity contribution in [2.45, 2.75) is 95.7 Å². The molecular weight excluding hydrogens is 282 g/mol. The number of nitrogens with two attached hydrogens (primary N) is 1. The number of hydrogen-bond donors (Lipinski definition) is 1. The summed E-state index contributed by atoms with van der Waals surface area (Å²) in [5.74, 6) is 2.11. The minimum atomic E-state index is 0.530. The standard InChI is InChI=1S/C20H35N3/c1-15-11-12-19-18(14-15)22-20(16(2)8-6-7-13-21)23(19)17-9-4-3-5-10-17/h15,17-19H,2-14,21H2,1H3. The highest BCUT2D eigenvalue weighted by Gasteiger charge is 2.42. The maximum absolute atomic E-state index is 5.65. The molecule has 3 unspecified atom stereocenters. The third-order valence-corrected chi connectivity index (χ3v) is 6.15. The predicted molar refractivity (Wildman–Crippen MR) is 98.8 cm³/mol. The molecule has 3 atom stereocenters. The molecule has 3 aliphatic rings. The number of unbranched alkanes of at least 4 members (excludes halogenated alkanes) is 1. The van der Waals surface area contributed by atoms with E-state index in [1.54, 1.807) is 0 Å². The van der Waals surface area contributed by atoms with E-state index in [2.05, 4.69) is 18.4 Å². The highest BCUT2D eigenvalue weighted by Crippen LogP contribution is 2.39. The summed E-state index contributed by atoms with van der Waals surface area (Å²) in [6, 6.07) is 1.91. The summed E-state index contributed by atoms with van der Waals surface area (Å²) >= 11 is 0. The maximum atomic E-state index is 5.65. The van der Waals surface area contributed by atoms with E-state index in [-0.39, 0.29) is 0 Å². The Hall–Kier alpha value is -0.830. The Morgan fingerprint density at radius 1 is 1.17 bits per heavy atom. The van der Waals surface area contributed by atoms with Crippen LogP contribution in [0.1, 0.15) is 77.6 Å². The number of hydrogen-bond acceptors (Lipinski definition) is 3. The Labute approximate surface area is 142 Å². The van der Waals surface area contributed by atoms with Gasteiger partial charge in [-0.15, -0.1) is 0 Å². The lowest BCUT2D eigenvalue weighted by Gasteiger charge is -2.42. The second-order valence-electron chi connectivity index (χ2n) is 8.05. The molecule has 0 aromatic carbocycles. The number of fused-ring (bicyclic) bond motifs is 1. The van der Waals surface area contributed by atoms with Gasteiger partial charge >= 0.3 is 0 Å². The van der Waals surface area contributed by atoms with Crippen LogP contribution in [0.4, 0.5) is 0 Å². The molecule has 2 aliphatic carbocycles. The topological polar surface area (TPSA) is 41.6 Å². The van der Waals surface area contributed by atoms with E-state index in [0.29, 0.717) is 12.1 Å². The van der Waals surface area contributed by atoms with E-state index in [0.717, 1.165) is 37.8 Å². The number of aliphatic imine (C=N–C) groups is 1. The number of amidine groups is 1. The van der Waals surface area contributed by atoms with Crippen LogP contribution < -0.4 is 5.73 Å².